The summed E-state index contributed by atoms with van der Waals surface area (Å²) in [7, 11) is 1.67. The number of benzene rings is 1. The van der Waals surface area contributed by atoms with E-state index in [0.29, 0.717) is 24.4 Å². The van der Waals surface area contributed by atoms with Crippen molar-refractivity contribution < 1.29 is 13.9 Å². The molecule has 1 aliphatic rings. The predicted octanol–water partition coefficient (Wildman–Crippen LogP) is 1.09. The molecule has 0 bridgehead atoms. The van der Waals surface area contributed by atoms with Gasteiger partial charge in [0.15, 0.2) is 0 Å². The molecule has 1 saturated heterocycles. The average Bonchev–Trinajstić information content (AvgIpc) is 2.41. The number of rotatable bonds is 2. The van der Waals surface area contributed by atoms with E-state index in [2.05, 4.69) is 5.32 Å². The highest BCUT2D eigenvalue weighted by atomic mass is 19.1. The maximum absolute atomic E-state index is 13.2. The van der Waals surface area contributed by atoms with Crippen molar-refractivity contribution in [1.82, 2.24) is 5.32 Å². The molecular weight excluding hydrogens is 235 g/mol. The van der Waals surface area contributed by atoms with Crippen molar-refractivity contribution >= 4 is 11.6 Å². The van der Waals surface area contributed by atoms with Crippen LogP contribution in [0.1, 0.15) is 5.56 Å². The minimum absolute atomic E-state index is 0.117. The van der Waals surface area contributed by atoms with Crippen molar-refractivity contribution in [3.05, 3.63) is 29.6 Å². The van der Waals surface area contributed by atoms with Crippen LogP contribution >= 0.6 is 0 Å². The Balaban J connectivity index is 2.11. The fourth-order valence-electron chi connectivity index (χ4n) is 1.90. The summed E-state index contributed by atoms with van der Waals surface area (Å²) in [6, 6.07) is 4.62. The quantitative estimate of drug-likeness (QED) is 0.856. The van der Waals surface area contributed by atoms with Gasteiger partial charge in [0.2, 0.25) is 0 Å². The van der Waals surface area contributed by atoms with Gasteiger partial charge in [0.1, 0.15) is 11.9 Å². The lowest BCUT2D eigenvalue weighted by Crippen LogP contribution is -2.48. The molecule has 0 aromatic heterocycles. The average molecular weight is 252 g/mol. The molecular formula is C13H17FN2O2. The van der Waals surface area contributed by atoms with Gasteiger partial charge in [-0.15, -0.1) is 0 Å². The number of amides is 1. The molecule has 0 saturated carbocycles. The molecule has 1 aromatic rings. The second-order valence-corrected chi connectivity index (χ2v) is 4.39. The number of morpholine rings is 1. The highest BCUT2D eigenvalue weighted by Gasteiger charge is 2.25. The zero-order valence-corrected chi connectivity index (χ0v) is 10.6. The van der Waals surface area contributed by atoms with Crippen molar-refractivity contribution in [3.63, 3.8) is 0 Å². The lowest BCUT2D eigenvalue weighted by molar-refractivity contribution is -0.131. The second kappa shape index (κ2) is 5.46. The monoisotopic (exact) mass is 252 g/mol. The topological polar surface area (TPSA) is 41.6 Å². The van der Waals surface area contributed by atoms with Gasteiger partial charge in [-0.05, 0) is 30.7 Å². The molecule has 1 heterocycles. The Morgan fingerprint density at radius 2 is 2.33 bits per heavy atom. The van der Waals surface area contributed by atoms with Crippen LogP contribution in [0.4, 0.5) is 10.1 Å². The van der Waals surface area contributed by atoms with E-state index < -0.39 is 6.10 Å². The van der Waals surface area contributed by atoms with Crippen LogP contribution in [0, 0.1) is 12.7 Å². The smallest absolute Gasteiger partial charge is 0.257 e. The van der Waals surface area contributed by atoms with Crippen LogP contribution < -0.4 is 10.2 Å². The SMILES string of the molecule is Cc1cc(N(C)C(=O)C2CNCCO2)ccc1F. The van der Waals surface area contributed by atoms with Gasteiger partial charge in [-0.1, -0.05) is 0 Å². The number of halogens is 1. The van der Waals surface area contributed by atoms with Gasteiger partial charge in [-0.3, -0.25) is 4.79 Å². The van der Waals surface area contributed by atoms with Gasteiger partial charge in [0, 0.05) is 25.8 Å². The van der Waals surface area contributed by atoms with E-state index in [0.717, 1.165) is 6.54 Å². The number of ether oxygens (including phenoxy) is 1. The summed E-state index contributed by atoms with van der Waals surface area (Å²) in [5, 5.41) is 3.11. The molecule has 98 valence electrons. The largest absolute Gasteiger partial charge is 0.366 e. The molecule has 5 heteroatoms. The Morgan fingerprint density at radius 1 is 1.56 bits per heavy atom. The van der Waals surface area contributed by atoms with E-state index in [1.165, 1.54) is 11.0 Å². The first-order valence-electron chi connectivity index (χ1n) is 5.95. The van der Waals surface area contributed by atoms with Crippen LogP contribution in [0.15, 0.2) is 18.2 Å². The third-order valence-corrected chi connectivity index (χ3v) is 3.06. The van der Waals surface area contributed by atoms with Gasteiger partial charge < -0.3 is 15.0 Å². The standard InChI is InChI=1S/C13H17FN2O2/c1-9-7-10(3-4-11(9)14)16(2)13(17)12-8-15-5-6-18-12/h3-4,7,12,15H,5-6,8H2,1-2H3. The van der Waals surface area contributed by atoms with Crippen LogP contribution in [0.5, 0.6) is 0 Å². The van der Waals surface area contributed by atoms with Gasteiger partial charge in [-0.25, -0.2) is 4.39 Å². The Bertz CT molecular complexity index is 445. The number of nitrogens with zero attached hydrogens (tertiary/aromatic N) is 1. The van der Waals surface area contributed by atoms with E-state index in [4.69, 9.17) is 4.74 Å². The zero-order chi connectivity index (χ0) is 13.1. The van der Waals surface area contributed by atoms with Crippen LogP contribution in [-0.2, 0) is 9.53 Å². The Labute approximate surface area is 106 Å². The Kier molecular flexibility index (Phi) is 3.93. The van der Waals surface area contributed by atoms with Gasteiger partial charge in [-0.2, -0.15) is 0 Å². The number of hydrogen-bond donors (Lipinski definition) is 1. The third-order valence-electron chi connectivity index (χ3n) is 3.06. The van der Waals surface area contributed by atoms with Crippen molar-refractivity contribution in [3.8, 4) is 0 Å². The highest BCUT2D eigenvalue weighted by molar-refractivity contribution is 5.96. The molecule has 1 fully saturated rings. The number of carbonyl (C=O) groups is 1. The number of likely N-dealkylation sites (N-methyl/N-ethyl adjacent to an activating group) is 1. The summed E-state index contributed by atoms with van der Waals surface area (Å²) in [6.45, 7) is 3.50. The highest BCUT2D eigenvalue weighted by Crippen LogP contribution is 2.18. The van der Waals surface area contributed by atoms with Gasteiger partial charge in [0.25, 0.3) is 5.91 Å². The fraction of sp³-hybridized carbons (Fsp3) is 0.462. The van der Waals surface area contributed by atoms with Crippen LogP contribution in [-0.4, -0.2) is 38.8 Å². The van der Waals surface area contributed by atoms with Gasteiger partial charge in [0.05, 0.1) is 6.61 Å². The van der Waals surface area contributed by atoms with Crippen molar-refractivity contribution in [1.29, 1.82) is 0 Å². The second-order valence-electron chi connectivity index (χ2n) is 4.39. The Morgan fingerprint density at radius 3 is 2.94 bits per heavy atom. The normalized spacial score (nSPS) is 19.6. The van der Waals surface area contributed by atoms with E-state index in [1.54, 1.807) is 26.1 Å². The third kappa shape index (κ3) is 2.68. The van der Waals surface area contributed by atoms with Gasteiger partial charge >= 0.3 is 0 Å². The first-order valence-corrected chi connectivity index (χ1v) is 5.95. The maximum Gasteiger partial charge on any atom is 0.257 e. The van der Waals surface area contributed by atoms with Crippen molar-refractivity contribution in [2.24, 2.45) is 0 Å². The van der Waals surface area contributed by atoms with Crippen LogP contribution in [0.3, 0.4) is 0 Å². The molecule has 4 nitrogen and oxygen atoms in total. The summed E-state index contributed by atoms with van der Waals surface area (Å²) in [4.78, 5) is 13.7. The summed E-state index contributed by atoms with van der Waals surface area (Å²) >= 11 is 0. The molecule has 1 atom stereocenters. The maximum atomic E-state index is 13.2. The number of carbonyl (C=O) groups excluding carboxylic acids is 1. The number of aryl methyl sites for hydroxylation is 1. The minimum atomic E-state index is -0.464. The molecule has 1 aromatic carbocycles. The van der Waals surface area contributed by atoms with E-state index >= 15 is 0 Å². The first-order chi connectivity index (χ1) is 8.59. The molecule has 0 spiro atoms. The summed E-state index contributed by atoms with van der Waals surface area (Å²) < 4.78 is 18.6. The van der Waals surface area contributed by atoms with E-state index in [-0.39, 0.29) is 11.7 Å². The lowest BCUT2D eigenvalue weighted by Gasteiger charge is -2.27. The lowest BCUT2D eigenvalue weighted by atomic mass is 10.2. The van der Waals surface area contributed by atoms with E-state index in [9.17, 15) is 9.18 Å². The molecule has 18 heavy (non-hydrogen) atoms. The summed E-state index contributed by atoms with van der Waals surface area (Å²) in [5.41, 5.74) is 1.20. The fourth-order valence-corrected chi connectivity index (χ4v) is 1.90. The van der Waals surface area contributed by atoms with Crippen LogP contribution in [0.25, 0.3) is 0 Å². The Hall–Kier alpha value is -1.46. The zero-order valence-electron chi connectivity index (χ0n) is 10.6. The van der Waals surface area contributed by atoms with Crippen molar-refractivity contribution in [2.45, 2.75) is 13.0 Å². The number of anilines is 1. The molecule has 0 aliphatic carbocycles. The molecule has 0 radical (unpaired) electrons. The molecule has 1 amide bonds. The van der Waals surface area contributed by atoms with E-state index in [1.807, 2.05) is 0 Å². The molecule has 1 N–H and O–H groups in total. The first kappa shape index (κ1) is 13.0. The molecule has 1 unspecified atom stereocenters. The molecule has 1 aliphatic heterocycles. The minimum Gasteiger partial charge on any atom is -0.366 e. The summed E-state index contributed by atoms with van der Waals surface area (Å²) in [6.07, 6.45) is -0.464. The van der Waals surface area contributed by atoms with Crippen molar-refractivity contribution in [2.75, 3.05) is 31.6 Å². The summed E-state index contributed by atoms with van der Waals surface area (Å²) in [5.74, 6) is -0.386. The van der Waals surface area contributed by atoms with Crippen LogP contribution in [0.2, 0.25) is 0 Å². The number of nitrogens with one attached hydrogen (secondary N) is 1. The number of hydrogen-bond acceptors (Lipinski definition) is 3. The molecule has 2 rings (SSSR count). The predicted molar refractivity (Wildman–Crippen MR) is 67.2 cm³/mol.